The third kappa shape index (κ3) is 10.8. The molecule has 1 rings (SSSR count). The second kappa shape index (κ2) is 16.1. The number of nitrogens with zero attached hydrogens (tertiary/aromatic N) is 1. The van der Waals surface area contributed by atoms with E-state index in [1.165, 1.54) is 5.56 Å². The van der Waals surface area contributed by atoms with E-state index in [1.807, 2.05) is 0 Å². The molecule has 0 aromatic heterocycles. The number of guanidine groups is 1. The zero-order valence-electron chi connectivity index (χ0n) is 16.5. The Morgan fingerprint density at radius 2 is 1.77 bits per heavy atom. The lowest BCUT2D eigenvalue weighted by molar-refractivity contribution is 0.145. The minimum Gasteiger partial charge on any atom is -0.491 e. The molecule has 0 unspecified atom stereocenters. The molecular formula is C19H34IN3O3. The predicted octanol–water partition coefficient (Wildman–Crippen LogP) is 3.12. The van der Waals surface area contributed by atoms with Crippen LogP contribution in [0.2, 0.25) is 0 Å². The van der Waals surface area contributed by atoms with E-state index >= 15 is 0 Å². The zero-order valence-corrected chi connectivity index (χ0v) is 18.8. The zero-order chi connectivity index (χ0) is 18.3. The van der Waals surface area contributed by atoms with Crippen LogP contribution in [-0.2, 0) is 16.0 Å². The van der Waals surface area contributed by atoms with E-state index < -0.39 is 0 Å². The normalized spacial score (nSPS) is 11.0. The fraction of sp³-hybridized carbons (Fsp3) is 0.632. The van der Waals surface area contributed by atoms with Gasteiger partial charge in [-0.3, -0.25) is 4.99 Å². The Balaban J connectivity index is 0.00000625. The van der Waals surface area contributed by atoms with E-state index in [-0.39, 0.29) is 24.0 Å². The maximum absolute atomic E-state index is 5.82. The van der Waals surface area contributed by atoms with Gasteiger partial charge in [0.1, 0.15) is 12.4 Å². The van der Waals surface area contributed by atoms with Crippen LogP contribution >= 0.6 is 24.0 Å². The van der Waals surface area contributed by atoms with Crippen LogP contribution in [-0.4, -0.2) is 53.6 Å². The van der Waals surface area contributed by atoms with Crippen molar-refractivity contribution in [2.24, 2.45) is 4.99 Å². The molecule has 0 radical (unpaired) electrons. The largest absolute Gasteiger partial charge is 0.491 e. The first-order chi connectivity index (χ1) is 12.2. The number of hydrogen-bond acceptors (Lipinski definition) is 4. The third-order valence-electron chi connectivity index (χ3n) is 3.76. The van der Waals surface area contributed by atoms with Gasteiger partial charge in [0, 0.05) is 46.5 Å². The van der Waals surface area contributed by atoms with E-state index in [0.717, 1.165) is 49.7 Å². The summed E-state index contributed by atoms with van der Waals surface area (Å²) in [5.41, 5.74) is 2.28. The monoisotopic (exact) mass is 479 g/mol. The molecule has 0 fully saturated rings. The number of unbranched alkanes of at least 4 members (excludes halogenated alkanes) is 2. The smallest absolute Gasteiger partial charge is 0.191 e. The molecule has 26 heavy (non-hydrogen) atoms. The molecule has 1 aromatic carbocycles. The topological polar surface area (TPSA) is 64.1 Å². The highest BCUT2D eigenvalue weighted by Crippen LogP contribution is 2.20. The fourth-order valence-corrected chi connectivity index (χ4v) is 2.33. The van der Waals surface area contributed by atoms with Crippen molar-refractivity contribution in [1.29, 1.82) is 0 Å². The lowest BCUT2D eigenvalue weighted by atomic mass is 10.1. The Morgan fingerprint density at radius 3 is 2.46 bits per heavy atom. The van der Waals surface area contributed by atoms with Crippen LogP contribution in [0.1, 0.15) is 30.4 Å². The van der Waals surface area contributed by atoms with Crippen LogP contribution in [0.5, 0.6) is 5.75 Å². The van der Waals surface area contributed by atoms with Crippen LogP contribution in [0.4, 0.5) is 0 Å². The molecule has 0 aliphatic carbocycles. The van der Waals surface area contributed by atoms with Crippen molar-refractivity contribution < 1.29 is 14.2 Å². The minimum atomic E-state index is 0. The molecule has 0 aliphatic heterocycles. The van der Waals surface area contributed by atoms with E-state index in [0.29, 0.717) is 19.8 Å². The predicted molar refractivity (Wildman–Crippen MR) is 118 cm³/mol. The van der Waals surface area contributed by atoms with Gasteiger partial charge in [-0.25, -0.2) is 0 Å². The summed E-state index contributed by atoms with van der Waals surface area (Å²) in [6.45, 7) is 5.56. The molecule has 0 heterocycles. The highest BCUT2D eigenvalue weighted by Gasteiger charge is 2.06. The van der Waals surface area contributed by atoms with Gasteiger partial charge in [0.2, 0.25) is 0 Å². The van der Waals surface area contributed by atoms with E-state index in [2.05, 4.69) is 40.7 Å². The summed E-state index contributed by atoms with van der Waals surface area (Å²) >= 11 is 0. The summed E-state index contributed by atoms with van der Waals surface area (Å²) in [6.07, 6.45) is 3.34. The number of hydrogen-bond donors (Lipinski definition) is 2. The molecule has 0 saturated carbocycles. The number of aryl methyl sites for hydroxylation is 1. The molecule has 150 valence electrons. The highest BCUT2D eigenvalue weighted by atomic mass is 127. The van der Waals surface area contributed by atoms with Crippen molar-refractivity contribution in [3.05, 3.63) is 29.3 Å². The Kier molecular flexibility index (Phi) is 15.5. The van der Waals surface area contributed by atoms with E-state index in [1.54, 1.807) is 21.3 Å². The van der Waals surface area contributed by atoms with Crippen molar-refractivity contribution in [1.82, 2.24) is 10.6 Å². The second-order valence-electron chi connectivity index (χ2n) is 5.86. The van der Waals surface area contributed by atoms with E-state index in [4.69, 9.17) is 14.2 Å². The number of aliphatic imine (C=N–C) groups is 1. The standard InChI is InChI=1S/C19H33N3O3.HI/c1-16-8-9-17(18(14-16)25-13-12-24-4)15-22-19(20-2)21-10-6-5-7-11-23-3;/h8-9,14H,5-7,10-13,15H2,1-4H3,(H2,20,21,22);1H. The molecule has 2 N–H and O–H groups in total. The Labute approximate surface area is 175 Å². The van der Waals surface area contributed by atoms with Gasteiger partial charge in [0.25, 0.3) is 0 Å². The Hall–Kier alpha value is -1.06. The summed E-state index contributed by atoms with van der Waals surface area (Å²) in [5.74, 6) is 1.69. The Bertz CT molecular complexity index is 513. The third-order valence-corrected chi connectivity index (χ3v) is 3.76. The maximum atomic E-state index is 5.82. The highest BCUT2D eigenvalue weighted by molar-refractivity contribution is 14.0. The fourth-order valence-electron chi connectivity index (χ4n) is 2.33. The molecule has 0 bridgehead atoms. The van der Waals surface area contributed by atoms with Gasteiger partial charge in [0.15, 0.2) is 5.96 Å². The number of benzene rings is 1. The Morgan fingerprint density at radius 1 is 1.00 bits per heavy atom. The first-order valence-corrected chi connectivity index (χ1v) is 8.86. The first kappa shape index (κ1) is 24.9. The summed E-state index contributed by atoms with van der Waals surface area (Å²) in [7, 11) is 5.20. The molecule has 0 spiro atoms. The molecule has 0 aliphatic rings. The lowest BCUT2D eigenvalue weighted by Crippen LogP contribution is -2.37. The maximum Gasteiger partial charge on any atom is 0.191 e. The molecule has 0 amide bonds. The van der Waals surface area contributed by atoms with Gasteiger partial charge >= 0.3 is 0 Å². The van der Waals surface area contributed by atoms with Crippen molar-refractivity contribution in [2.75, 3.05) is 47.6 Å². The molecule has 0 saturated heterocycles. The van der Waals surface area contributed by atoms with Gasteiger partial charge < -0.3 is 24.8 Å². The van der Waals surface area contributed by atoms with Crippen molar-refractivity contribution >= 4 is 29.9 Å². The van der Waals surface area contributed by atoms with Crippen LogP contribution < -0.4 is 15.4 Å². The number of halogens is 1. The van der Waals surface area contributed by atoms with Gasteiger partial charge in [-0.2, -0.15) is 0 Å². The second-order valence-corrected chi connectivity index (χ2v) is 5.86. The average molecular weight is 479 g/mol. The average Bonchev–Trinajstić information content (AvgIpc) is 2.62. The van der Waals surface area contributed by atoms with Crippen LogP contribution in [0.3, 0.4) is 0 Å². The van der Waals surface area contributed by atoms with Crippen LogP contribution in [0.25, 0.3) is 0 Å². The lowest BCUT2D eigenvalue weighted by Gasteiger charge is -2.15. The van der Waals surface area contributed by atoms with Gasteiger partial charge in [0.05, 0.1) is 6.61 Å². The van der Waals surface area contributed by atoms with Crippen LogP contribution in [0.15, 0.2) is 23.2 Å². The number of rotatable bonds is 12. The van der Waals surface area contributed by atoms with Crippen molar-refractivity contribution in [2.45, 2.75) is 32.7 Å². The van der Waals surface area contributed by atoms with Gasteiger partial charge in [-0.1, -0.05) is 12.1 Å². The van der Waals surface area contributed by atoms with Crippen molar-refractivity contribution in [3.63, 3.8) is 0 Å². The molecule has 0 atom stereocenters. The molecular weight excluding hydrogens is 445 g/mol. The number of methoxy groups -OCH3 is 2. The molecule has 1 aromatic rings. The summed E-state index contributed by atoms with van der Waals surface area (Å²) < 4.78 is 15.9. The summed E-state index contributed by atoms with van der Waals surface area (Å²) in [4.78, 5) is 4.27. The van der Waals surface area contributed by atoms with Gasteiger partial charge in [-0.15, -0.1) is 24.0 Å². The first-order valence-electron chi connectivity index (χ1n) is 8.86. The quantitative estimate of drug-likeness (QED) is 0.209. The van der Waals surface area contributed by atoms with Crippen LogP contribution in [0, 0.1) is 6.92 Å². The summed E-state index contributed by atoms with van der Waals surface area (Å²) in [5, 5.41) is 6.68. The minimum absolute atomic E-state index is 0. The van der Waals surface area contributed by atoms with Crippen molar-refractivity contribution in [3.8, 4) is 5.75 Å². The molecule has 7 heteroatoms. The molecule has 6 nitrogen and oxygen atoms in total. The summed E-state index contributed by atoms with van der Waals surface area (Å²) in [6, 6.07) is 6.23. The number of nitrogens with one attached hydrogen (secondary N) is 2. The number of ether oxygens (including phenoxy) is 3. The van der Waals surface area contributed by atoms with E-state index in [9.17, 15) is 0 Å². The SMILES string of the molecule is CN=C(NCCCCCOC)NCc1ccc(C)cc1OCCOC.I. The van der Waals surface area contributed by atoms with Gasteiger partial charge in [-0.05, 0) is 37.8 Å².